The third kappa shape index (κ3) is 26.3. The van der Waals surface area contributed by atoms with Crippen molar-refractivity contribution in [2.75, 3.05) is 6.61 Å². The molecule has 3 N–H and O–H groups in total. The molecule has 0 aromatic heterocycles. The summed E-state index contributed by atoms with van der Waals surface area (Å²) >= 11 is 0. The molecule has 0 bridgehead atoms. The molecule has 0 saturated heterocycles. The Kier molecular flexibility index (Phi) is 28.5. The molecule has 0 heterocycles. The maximum absolute atomic E-state index is 12.2. The van der Waals surface area contributed by atoms with Crippen LogP contribution in [-0.4, -0.2) is 34.9 Å². The van der Waals surface area contributed by atoms with E-state index in [1.54, 1.807) is 0 Å². The molecule has 0 unspecified atom stereocenters. The molecule has 0 spiro atoms. The van der Waals surface area contributed by atoms with E-state index in [9.17, 15) is 15.0 Å². The summed E-state index contributed by atoms with van der Waals surface area (Å²) in [5, 5.41) is 22.9. The normalized spacial score (nSPS) is 13.5. The summed E-state index contributed by atoms with van der Waals surface area (Å²) in [6, 6.07) is -0.551. The Morgan fingerprint density at radius 3 is 1.51 bits per heavy atom. The van der Waals surface area contributed by atoms with Crippen LogP contribution in [0.1, 0.15) is 162 Å². The van der Waals surface area contributed by atoms with E-state index in [-0.39, 0.29) is 12.5 Å². The minimum atomic E-state index is -0.680. The van der Waals surface area contributed by atoms with Crippen LogP contribution < -0.4 is 5.32 Å². The number of allylic oxidation sites excluding steroid dienone is 4. The van der Waals surface area contributed by atoms with Gasteiger partial charge in [-0.2, -0.15) is 0 Å². The van der Waals surface area contributed by atoms with E-state index in [0.29, 0.717) is 12.8 Å². The van der Waals surface area contributed by atoms with Crippen LogP contribution in [0.3, 0.4) is 0 Å². The maximum Gasteiger partial charge on any atom is 0.220 e. The number of carbonyl (C=O) groups excluding carboxylic acids is 1. The highest BCUT2D eigenvalue weighted by atomic mass is 16.3. The summed E-state index contributed by atoms with van der Waals surface area (Å²) in [6.45, 7) is 4.29. The van der Waals surface area contributed by atoms with Gasteiger partial charge >= 0.3 is 0 Å². The topological polar surface area (TPSA) is 69.6 Å². The third-order valence-corrected chi connectivity index (χ3v) is 7.18. The number of unbranched alkanes of at least 4 members (excludes halogenated alkanes) is 17. The highest BCUT2D eigenvalue weighted by molar-refractivity contribution is 5.76. The van der Waals surface area contributed by atoms with E-state index in [1.807, 2.05) is 0 Å². The van der Waals surface area contributed by atoms with E-state index in [1.165, 1.54) is 96.3 Å². The number of amides is 1. The van der Waals surface area contributed by atoms with E-state index >= 15 is 0 Å². The largest absolute Gasteiger partial charge is 0.394 e. The third-order valence-electron chi connectivity index (χ3n) is 7.18. The lowest BCUT2D eigenvalue weighted by molar-refractivity contribution is -0.123. The summed E-state index contributed by atoms with van der Waals surface area (Å²) in [5.74, 6) is -0.0540. The van der Waals surface area contributed by atoms with Gasteiger partial charge in [0.25, 0.3) is 0 Å². The standard InChI is InChI=1S/C33H63NO3/c1-3-5-7-9-11-13-15-17-19-21-23-25-27-29-33(37)34-31(30-35)32(36)28-26-24-22-20-18-16-14-12-10-8-6-4-2/h13,15,18,20,31-32,35-36H,3-12,14,16-17,19,21-30H2,1-2H3,(H,34,37)/b15-13+,20-18+/t31-,32+/m0/s1. The second kappa shape index (κ2) is 29.4. The van der Waals surface area contributed by atoms with Crippen molar-refractivity contribution in [1.29, 1.82) is 0 Å². The first-order chi connectivity index (χ1) is 18.2. The summed E-state index contributed by atoms with van der Waals surface area (Å²) in [7, 11) is 0. The summed E-state index contributed by atoms with van der Waals surface area (Å²) in [6.07, 6.45) is 35.0. The molecule has 0 aliphatic heterocycles. The number of hydrogen-bond donors (Lipinski definition) is 3. The molecular formula is C33H63NO3. The van der Waals surface area contributed by atoms with Crippen molar-refractivity contribution in [3.63, 3.8) is 0 Å². The Morgan fingerprint density at radius 2 is 1.03 bits per heavy atom. The molecular weight excluding hydrogens is 458 g/mol. The van der Waals surface area contributed by atoms with Crippen molar-refractivity contribution < 1.29 is 15.0 Å². The molecule has 0 rings (SSSR count). The van der Waals surface area contributed by atoms with E-state index in [2.05, 4.69) is 43.5 Å². The van der Waals surface area contributed by atoms with Gasteiger partial charge < -0.3 is 15.5 Å². The van der Waals surface area contributed by atoms with Crippen LogP contribution in [0.15, 0.2) is 24.3 Å². The summed E-state index contributed by atoms with van der Waals surface area (Å²) in [5.41, 5.74) is 0. The van der Waals surface area contributed by atoms with Gasteiger partial charge in [0.05, 0.1) is 18.8 Å². The number of rotatable bonds is 28. The van der Waals surface area contributed by atoms with Gasteiger partial charge in [0.1, 0.15) is 0 Å². The molecule has 2 atom stereocenters. The molecule has 0 aromatic rings. The zero-order valence-electron chi connectivity index (χ0n) is 24.7. The van der Waals surface area contributed by atoms with Gasteiger partial charge in [0.2, 0.25) is 5.91 Å². The fourth-order valence-corrected chi connectivity index (χ4v) is 4.64. The van der Waals surface area contributed by atoms with Gasteiger partial charge in [-0.3, -0.25) is 4.79 Å². The summed E-state index contributed by atoms with van der Waals surface area (Å²) < 4.78 is 0. The fourth-order valence-electron chi connectivity index (χ4n) is 4.64. The molecule has 4 heteroatoms. The Balaban J connectivity index is 3.67. The van der Waals surface area contributed by atoms with Crippen molar-refractivity contribution in [2.24, 2.45) is 0 Å². The van der Waals surface area contributed by atoms with Gasteiger partial charge in [-0.05, 0) is 64.2 Å². The number of carbonyl (C=O) groups is 1. The lowest BCUT2D eigenvalue weighted by Gasteiger charge is -2.22. The zero-order valence-corrected chi connectivity index (χ0v) is 24.7. The fraction of sp³-hybridized carbons (Fsp3) is 0.848. The maximum atomic E-state index is 12.2. The lowest BCUT2D eigenvalue weighted by Crippen LogP contribution is -2.45. The van der Waals surface area contributed by atoms with E-state index in [0.717, 1.165) is 38.5 Å². The Morgan fingerprint density at radius 1 is 0.622 bits per heavy atom. The van der Waals surface area contributed by atoms with Crippen LogP contribution in [0.25, 0.3) is 0 Å². The molecule has 0 fully saturated rings. The molecule has 0 saturated carbocycles. The van der Waals surface area contributed by atoms with E-state index < -0.39 is 12.1 Å². The van der Waals surface area contributed by atoms with Gasteiger partial charge in [-0.25, -0.2) is 0 Å². The van der Waals surface area contributed by atoms with Crippen molar-refractivity contribution in [1.82, 2.24) is 5.32 Å². The average Bonchev–Trinajstić information content (AvgIpc) is 2.90. The van der Waals surface area contributed by atoms with Crippen LogP contribution in [0.2, 0.25) is 0 Å². The Labute approximate surface area is 230 Å². The second-order valence-corrected chi connectivity index (χ2v) is 10.9. The number of hydrogen-bond acceptors (Lipinski definition) is 3. The Bertz CT molecular complexity index is 532. The molecule has 0 radical (unpaired) electrons. The quantitative estimate of drug-likeness (QED) is 0.0711. The molecule has 0 aliphatic rings. The van der Waals surface area contributed by atoms with Crippen LogP contribution in [0, 0.1) is 0 Å². The SMILES string of the molecule is CCCCCC/C=C/CCCCCCCC(=O)N[C@@H](CO)[C@H](O)CCCC/C=C/CCCCCCCC. The highest BCUT2D eigenvalue weighted by Gasteiger charge is 2.19. The first-order valence-electron chi connectivity index (χ1n) is 16.0. The Hall–Kier alpha value is -1.13. The molecule has 0 aromatic carbocycles. The second-order valence-electron chi connectivity index (χ2n) is 10.9. The minimum Gasteiger partial charge on any atom is -0.394 e. The zero-order chi connectivity index (χ0) is 27.2. The highest BCUT2D eigenvalue weighted by Crippen LogP contribution is 2.12. The van der Waals surface area contributed by atoms with Crippen LogP contribution in [-0.2, 0) is 4.79 Å². The molecule has 37 heavy (non-hydrogen) atoms. The lowest BCUT2D eigenvalue weighted by atomic mass is 10.0. The molecule has 218 valence electrons. The first kappa shape index (κ1) is 35.9. The van der Waals surface area contributed by atoms with Crippen molar-refractivity contribution >= 4 is 5.91 Å². The minimum absolute atomic E-state index is 0.0540. The van der Waals surface area contributed by atoms with Gasteiger partial charge in [-0.15, -0.1) is 0 Å². The predicted octanol–water partition coefficient (Wildman–Crippen LogP) is 8.95. The van der Waals surface area contributed by atoms with Gasteiger partial charge in [0.15, 0.2) is 0 Å². The first-order valence-corrected chi connectivity index (χ1v) is 16.0. The van der Waals surface area contributed by atoms with Crippen LogP contribution >= 0.6 is 0 Å². The van der Waals surface area contributed by atoms with Crippen molar-refractivity contribution in [3.8, 4) is 0 Å². The molecule has 1 amide bonds. The van der Waals surface area contributed by atoms with E-state index in [4.69, 9.17) is 0 Å². The van der Waals surface area contributed by atoms with Gasteiger partial charge in [0, 0.05) is 6.42 Å². The summed E-state index contributed by atoms with van der Waals surface area (Å²) in [4.78, 5) is 12.2. The number of nitrogens with one attached hydrogen (secondary N) is 1. The van der Waals surface area contributed by atoms with Crippen LogP contribution in [0.4, 0.5) is 0 Å². The van der Waals surface area contributed by atoms with Crippen molar-refractivity contribution in [2.45, 2.75) is 174 Å². The molecule has 4 nitrogen and oxygen atoms in total. The van der Waals surface area contributed by atoms with Crippen molar-refractivity contribution in [3.05, 3.63) is 24.3 Å². The monoisotopic (exact) mass is 521 g/mol. The smallest absolute Gasteiger partial charge is 0.220 e. The predicted molar refractivity (Wildman–Crippen MR) is 161 cm³/mol. The van der Waals surface area contributed by atoms with Gasteiger partial charge in [-0.1, -0.05) is 115 Å². The van der Waals surface area contributed by atoms with Crippen LogP contribution in [0.5, 0.6) is 0 Å². The number of aliphatic hydroxyl groups excluding tert-OH is 2. The number of aliphatic hydroxyl groups is 2. The average molecular weight is 522 g/mol. The molecule has 0 aliphatic carbocycles.